The van der Waals surface area contributed by atoms with Crippen molar-refractivity contribution in [2.75, 3.05) is 19.8 Å². The van der Waals surface area contributed by atoms with E-state index in [0.717, 1.165) is 0 Å². The number of hydrogen-bond acceptors (Lipinski definition) is 7. The third-order valence-electron chi connectivity index (χ3n) is 5.07. The maximum atomic E-state index is 12.7. The number of hydrogen-bond donors (Lipinski definition) is 3. The smallest absolute Gasteiger partial charge is 0.338 e. The van der Waals surface area contributed by atoms with Crippen molar-refractivity contribution in [2.24, 2.45) is 5.10 Å². The van der Waals surface area contributed by atoms with Crippen molar-refractivity contribution in [3.05, 3.63) is 68.8 Å². The van der Waals surface area contributed by atoms with E-state index in [-0.39, 0.29) is 13.2 Å². The summed E-state index contributed by atoms with van der Waals surface area (Å²) < 4.78 is 16.5. The van der Waals surface area contributed by atoms with Gasteiger partial charge in [-0.3, -0.25) is 4.79 Å². The third kappa shape index (κ3) is 7.34. The van der Waals surface area contributed by atoms with Crippen molar-refractivity contribution < 1.29 is 23.8 Å². The maximum absolute atomic E-state index is 12.7. The van der Waals surface area contributed by atoms with Gasteiger partial charge in [0.1, 0.15) is 11.5 Å². The Morgan fingerprint density at radius 3 is 2.65 bits per heavy atom. The van der Waals surface area contributed by atoms with Gasteiger partial charge in [-0.15, -0.1) is 0 Å². The van der Waals surface area contributed by atoms with Gasteiger partial charge in [0.05, 0.1) is 36.1 Å². The Balaban J connectivity index is 1.73. The van der Waals surface area contributed by atoms with Gasteiger partial charge in [0, 0.05) is 21.8 Å². The minimum absolute atomic E-state index is 0.221. The van der Waals surface area contributed by atoms with Crippen molar-refractivity contribution in [1.29, 1.82) is 0 Å². The Labute approximate surface area is 230 Å². The predicted octanol–water partition coefficient (Wildman–Crippen LogP) is 4.28. The molecule has 0 saturated heterocycles. The van der Waals surface area contributed by atoms with E-state index in [1.807, 2.05) is 6.92 Å². The van der Waals surface area contributed by atoms with Crippen LogP contribution in [0.1, 0.15) is 37.9 Å². The number of carbonyl (C=O) groups excluding carboxylic acids is 2. The Kier molecular flexibility index (Phi) is 10.1. The van der Waals surface area contributed by atoms with Crippen LogP contribution in [0.15, 0.2) is 52.8 Å². The largest absolute Gasteiger partial charge is 0.492 e. The summed E-state index contributed by atoms with van der Waals surface area (Å²) in [6.07, 6.45) is 1.38. The first-order valence-electron chi connectivity index (χ1n) is 11.4. The van der Waals surface area contributed by atoms with Gasteiger partial charge in [-0.05, 0) is 51.2 Å². The average molecular weight is 565 g/mol. The van der Waals surface area contributed by atoms with Crippen molar-refractivity contribution in [2.45, 2.75) is 26.8 Å². The van der Waals surface area contributed by atoms with E-state index in [1.54, 1.807) is 50.2 Å². The first-order chi connectivity index (χ1) is 17.7. The van der Waals surface area contributed by atoms with Gasteiger partial charge in [-0.2, -0.15) is 5.10 Å². The van der Waals surface area contributed by atoms with Crippen molar-refractivity contribution in [1.82, 2.24) is 16.1 Å². The lowest BCUT2D eigenvalue weighted by atomic mass is 9.95. The van der Waals surface area contributed by atoms with Crippen LogP contribution in [-0.2, 0) is 14.3 Å². The monoisotopic (exact) mass is 564 g/mol. The lowest BCUT2D eigenvalue weighted by Crippen LogP contribution is -2.45. The summed E-state index contributed by atoms with van der Waals surface area (Å²) in [6.45, 7) is 5.57. The number of nitrogens with one attached hydrogen (secondary N) is 3. The molecule has 0 bridgehead atoms. The molecule has 0 spiro atoms. The molecule has 0 radical (unpaired) electrons. The van der Waals surface area contributed by atoms with Crippen LogP contribution >= 0.6 is 35.4 Å². The second kappa shape index (κ2) is 13.3. The summed E-state index contributed by atoms with van der Waals surface area (Å²) in [5.41, 5.74) is 4.46. The number of halogens is 2. The van der Waals surface area contributed by atoms with E-state index in [2.05, 4.69) is 21.2 Å². The second-order valence-corrected chi connectivity index (χ2v) is 8.90. The van der Waals surface area contributed by atoms with Gasteiger partial charge >= 0.3 is 5.97 Å². The zero-order valence-electron chi connectivity index (χ0n) is 20.4. The average Bonchev–Trinajstić information content (AvgIpc) is 2.84. The van der Waals surface area contributed by atoms with E-state index in [0.29, 0.717) is 55.7 Å². The molecule has 9 nitrogen and oxygen atoms in total. The third-order valence-corrected chi connectivity index (χ3v) is 5.79. The van der Waals surface area contributed by atoms with Crippen LogP contribution in [-0.4, -0.2) is 43.0 Å². The highest BCUT2D eigenvalue weighted by Gasteiger charge is 2.32. The van der Waals surface area contributed by atoms with Crippen LogP contribution in [0.5, 0.6) is 11.5 Å². The topological polar surface area (TPSA) is 110 Å². The number of thiocarbonyl (C=S) groups is 1. The molecule has 0 aliphatic carbocycles. The molecular formula is C25H26Cl2N4O5S. The van der Waals surface area contributed by atoms with Crippen LogP contribution in [0.2, 0.25) is 10.0 Å². The number of nitrogens with zero attached hydrogens (tertiary/aromatic N) is 1. The zero-order valence-corrected chi connectivity index (χ0v) is 22.7. The number of esters is 1. The number of rotatable bonds is 10. The van der Waals surface area contributed by atoms with Crippen LogP contribution in [0.4, 0.5) is 0 Å². The number of allylic oxidation sites excluding steroid dienone is 1. The van der Waals surface area contributed by atoms with Crippen LogP contribution < -0.4 is 25.5 Å². The van der Waals surface area contributed by atoms with E-state index in [4.69, 9.17) is 49.6 Å². The summed E-state index contributed by atoms with van der Waals surface area (Å²) in [7, 11) is 0. The number of hydrazone groups is 1. The Morgan fingerprint density at radius 1 is 1.16 bits per heavy atom. The molecule has 12 heteroatoms. The van der Waals surface area contributed by atoms with Crippen molar-refractivity contribution in [3.63, 3.8) is 0 Å². The molecule has 3 rings (SSSR count). The molecule has 0 unspecified atom stereocenters. The Hall–Kier alpha value is -3.34. The van der Waals surface area contributed by atoms with Gasteiger partial charge in [0.25, 0.3) is 5.91 Å². The molecule has 3 N–H and O–H groups in total. The Bertz CT molecular complexity index is 1250. The Morgan fingerprint density at radius 2 is 1.92 bits per heavy atom. The van der Waals surface area contributed by atoms with Crippen molar-refractivity contribution in [3.8, 4) is 11.5 Å². The molecule has 0 fully saturated rings. The minimum atomic E-state index is -0.630. The number of ether oxygens (including phenoxy) is 3. The summed E-state index contributed by atoms with van der Waals surface area (Å²) in [6, 6.07) is 9.57. The second-order valence-electron chi connectivity index (χ2n) is 7.65. The fourth-order valence-electron chi connectivity index (χ4n) is 3.58. The molecule has 1 heterocycles. The molecule has 37 heavy (non-hydrogen) atoms. The minimum Gasteiger partial charge on any atom is -0.492 e. The van der Waals surface area contributed by atoms with E-state index < -0.39 is 17.9 Å². The summed E-state index contributed by atoms with van der Waals surface area (Å²) in [5.74, 6) is -0.200. The van der Waals surface area contributed by atoms with Gasteiger partial charge in [0.2, 0.25) is 0 Å². The number of carbonyl (C=O) groups is 2. The molecule has 0 aromatic heterocycles. The van der Waals surface area contributed by atoms with E-state index in [9.17, 15) is 9.59 Å². The fraction of sp³-hybridized carbons (Fsp3) is 0.280. The highest BCUT2D eigenvalue weighted by atomic mass is 35.5. The summed E-state index contributed by atoms with van der Waals surface area (Å²) in [5, 5.41) is 11.1. The molecule has 1 atom stereocenters. The molecule has 2 aromatic rings. The van der Waals surface area contributed by atoms with Gasteiger partial charge < -0.3 is 24.8 Å². The molecule has 0 saturated carbocycles. The predicted molar refractivity (Wildman–Crippen MR) is 146 cm³/mol. The number of para-hydroxylation sites is 1. The molecule has 1 amide bonds. The van der Waals surface area contributed by atoms with Crippen LogP contribution in [0.3, 0.4) is 0 Å². The summed E-state index contributed by atoms with van der Waals surface area (Å²) in [4.78, 5) is 25.1. The molecule has 1 aliphatic heterocycles. The van der Waals surface area contributed by atoms with E-state index >= 15 is 0 Å². The lowest BCUT2D eigenvalue weighted by molar-refractivity contribution is -0.139. The van der Waals surface area contributed by atoms with Gasteiger partial charge in [-0.25, -0.2) is 10.2 Å². The highest BCUT2D eigenvalue weighted by molar-refractivity contribution is 7.80. The normalized spacial score (nSPS) is 15.2. The van der Waals surface area contributed by atoms with Crippen LogP contribution in [0.25, 0.3) is 0 Å². The fourth-order valence-corrected chi connectivity index (χ4v) is 4.41. The molecule has 196 valence electrons. The molecule has 2 aromatic carbocycles. The number of amides is 1. The summed E-state index contributed by atoms with van der Waals surface area (Å²) >= 11 is 17.5. The quantitative estimate of drug-likeness (QED) is 0.170. The molecular weight excluding hydrogens is 539 g/mol. The molecule has 1 aliphatic rings. The first-order valence-corrected chi connectivity index (χ1v) is 12.5. The highest BCUT2D eigenvalue weighted by Crippen LogP contribution is 2.34. The van der Waals surface area contributed by atoms with Crippen molar-refractivity contribution >= 4 is 58.6 Å². The first kappa shape index (κ1) is 28.2. The van der Waals surface area contributed by atoms with E-state index in [1.165, 1.54) is 6.21 Å². The van der Waals surface area contributed by atoms with Gasteiger partial charge in [0.15, 0.2) is 11.7 Å². The van der Waals surface area contributed by atoms with Gasteiger partial charge in [-0.1, -0.05) is 41.4 Å². The SMILES string of the molecule is CCOC(=O)C1=C(C)NC(=S)N[C@H]1c1ccccc1OCC(=O)NN=Cc1cc(Cl)cc(Cl)c1OCC. The number of benzene rings is 2. The van der Waals surface area contributed by atoms with Crippen LogP contribution in [0, 0.1) is 0 Å². The zero-order chi connectivity index (χ0) is 26.9. The maximum Gasteiger partial charge on any atom is 0.338 e. The lowest BCUT2D eigenvalue weighted by Gasteiger charge is -2.30. The standard InChI is InChI=1S/C25H26Cl2N4O5S/c1-4-34-23-15(10-16(26)11-18(23)27)12-28-31-20(32)13-36-19-9-7-6-8-17(19)22-21(24(33)35-5-2)14(3)29-25(37)30-22/h6-12,22H,4-5,13H2,1-3H3,(H,31,32)(H2,29,30,37)/t22-/m0/s1.